The number of aliphatic carboxylic acids is 1. The van der Waals surface area contributed by atoms with Crippen LogP contribution in [-0.2, 0) is 4.79 Å². The van der Waals surface area contributed by atoms with Crippen molar-refractivity contribution in [1.29, 1.82) is 0 Å². The van der Waals surface area contributed by atoms with Crippen molar-refractivity contribution in [2.24, 2.45) is 5.92 Å². The van der Waals surface area contributed by atoms with Gasteiger partial charge in [-0.3, -0.25) is 14.9 Å². The molecule has 0 saturated heterocycles. The summed E-state index contributed by atoms with van der Waals surface area (Å²) in [7, 11) is 0. The maximum atomic E-state index is 10.9. The zero-order chi connectivity index (χ0) is 14.9. The van der Waals surface area contributed by atoms with Crippen LogP contribution in [0.25, 0.3) is 0 Å². The lowest BCUT2D eigenvalue weighted by Crippen LogP contribution is -2.25. The van der Waals surface area contributed by atoms with Crippen molar-refractivity contribution in [3.05, 3.63) is 32.3 Å². The minimum Gasteiger partial charge on any atom is -0.481 e. The van der Waals surface area contributed by atoms with Crippen LogP contribution in [0, 0.1) is 23.0 Å². The fraction of sp³-hybridized carbons (Fsp3) is 0.462. The summed E-state index contributed by atoms with van der Waals surface area (Å²) >= 11 is 3.30. The van der Waals surface area contributed by atoms with Gasteiger partial charge in [-0.15, -0.1) is 0 Å². The quantitative estimate of drug-likeness (QED) is 0.610. The summed E-state index contributed by atoms with van der Waals surface area (Å²) in [5.74, 6) is -0.474. The highest BCUT2D eigenvalue weighted by Crippen LogP contribution is 2.38. The largest absolute Gasteiger partial charge is 0.481 e. The van der Waals surface area contributed by atoms with Crippen molar-refractivity contribution >= 4 is 33.3 Å². The molecule has 1 atom stereocenters. The smallest absolute Gasteiger partial charge is 0.305 e. The first-order valence-electron chi connectivity index (χ1n) is 6.31. The molecule has 20 heavy (non-hydrogen) atoms. The minimum atomic E-state index is -0.843. The van der Waals surface area contributed by atoms with Crippen LogP contribution < -0.4 is 5.32 Å². The molecule has 2 N–H and O–H groups in total. The van der Waals surface area contributed by atoms with Crippen LogP contribution in [0.15, 0.2) is 16.6 Å². The number of nitrogens with zero attached hydrogens (tertiary/aromatic N) is 1. The molecule has 7 heteroatoms. The summed E-state index contributed by atoms with van der Waals surface area (Å²) in [5.41, 5.74) is 1.29. The Hall–Kier alpha value is -1.63. The lowest BCUT2D eigenvalue weighted by molar-refractivity contribution is -0.385. The molecule has 6 nitrogen and oxygen atoms in total. The Balaban J connectivity index is 2.21. The molecule has 0 radical (unpaired) electrons. The first-order valence-corrected chi connectivity index (χ1v) is 7.10. The van der Waals surface area contributed by atoms with Crippen molar-refractivity contribution in [1.82, 2.24) is 0 Å². The zero-order valence-corrected chi connectivity index (χ0v) is 12.5. The van der Waals surface area contributed by atoms with Gasteiger partial charge >= 0.3 is 5.97 Å². The van der Waals surface area contributed by atoms with E-state index < -0.39 is 10.9 Å². The van der Waals surface area contributed by atoms with E-state index in [4.69, 9.17) is 5.11 Å². The highest BCUT2D eigenvalue weighted by molar-refractivity contribution is 9.10. The molecule has 0 aromatic heterocycles. The van der Waals surface area contributed by atoms with E-state index in [1.807, 2.05) is 0 Å². The number of carboxylic acid groups (broad SMARTS) is 1. The van der Waals surface area contributed by atoms with Crippen molar-refractivity contribution in [3.63, 3.8) is 0 Å². The van der Waals surface area contributed by atoms with Gasteiger partial charge in [0.2, 0.25) is 0 Å². The van der Waals surface area contributed by atoms with Crippen LogP contribution in [0.5, 0.6) is 0 Å². The Morgan fingerprint density at radius 1 is 1.60 bits per heavy atom. The van der Waals surface area contributed by atoms with Crippen molar-refractivity contribution in [2.75, 3.05) is 5.32 Å². The number of benzene rings is 1. The molecule has 0 heterocycles. The molecule has 0 amide bonds. The fourth-order valence-electron chi connectivity index (χ4n) is 2.20. The summed E-state index contributed by atoms with van der Waals surface area (Å²) in [6, 6.07) is 2.99. The molecule has 2 rings (SSSR count). The molecule has 1 saturated carbocycles. The molecule has 1 aromatic carbocycles. The Morgan fingerprint density at radius 3 is 2.75 bits per heavy atom. The zero-order valence-electron chi connectivity index (χ0n) is 10.9. The maximum Gasteiger partial charge on any atom is 0.305 e. The number of nitrogens with one attached hydrogen (secondary N) is 1. The van der Waals surface area contributed by atoms with Crippen LogP contribution in [-0.4, -0.2) is 22.0 Å². The van der Waals surface area contributed by atoms with Crippen LogP contribution in [0.2, 0.25) is 0 Å². The van der Waals surface area contributed by atoms with E-state index >= 15 is 0 Å². The van der Waals surface area contributed by atoms with E-state index in [-0.39, 0.29) is 18.2 Å². The highest BCUT2D eigenvalue weighted by atomic mass is 79.9. The number of aryl methyl sites for hydroxylation is 1. The Labute approximate surface area is 124 Å². The molecule has 1 fully saturated rings. The maximum absolute atomic E-state index is 10.9. The van der Waals surface area contributed by atoms with E-state index in [0.29, 0.717) is 21.6 Å². The standard InChI is InChI=1S/C13H15BrN2O4/c1-7-4-11(9(14)5-12(7)16(19)20)15-10(6-13(17)18)8-2-3-8/h4-5,8,10,15H,2-3,6H2,1H3,(H,17,18). The average molecular weight is 343 g/mol. The first kappa shape index (κ1) is 14.8. The third kappa shape index (κ3) is 3.47. The SMILES string of the molecule is Cc1cc(NC(CC(=O)O)C2CC2)c(Br)cc1[N+](=O)[O-]. The lowest BCUT2D eigenvalue weighted by atomic mass is 10.1. The number of anilines is 1. The Morgan fingerprint density at radius 2 is 2.25 bits per heavy atom. The second-order valence-corrected chi connectivity index (χ2v) is 5.92. The summed E-state index contributed by atoms with van der Waals surface area (Å²) in [6.45, 7) is 1.67. The molecule has 1 aromatic rings. The summed E-state index contributed by atoms with van der Waals surface area (Å²) in [4.78, 5) is 21.3. The van der Waals surface area contributed by atoms with Gasteiger partial charge in [-0.2, -0.15) is 0 Å². The lowest BCUT2D eigenvalue weighted by Gasteiger charge is -2.19. The van der Waals surface area contributed by atoms with Gasteiger partial charge in [0.1, 0.15) is 0 Å². The highest BCUT2D eigenvalue weighted by Gasteiger charge is 2.33. The molecular weight excluding hydrogens is 328 g/mol. The second kappa shape index (κ2) is 5.78. The third-order valence-electron chi connectivity index (χ3n) is 3.41. The Bertz CT molecular complexity index is 558. The van der Waals surface area contributed by atoms with Crippen molar-refractivity contribution < 1.29 is 14.8 Å². The summed E-state index contributed by atoms with van der Waals surface area (Å²) in [5, 5.41) is 23.0. The predicted molar refractivity (Wildman–Crippen MR) is 77.9 cm³/mol. The van der Waals surface area contributed by atoms with E-state index in [2.05, 4.69) is 21.2 Å². The second-order valence-electron chi connectivity index (χ2n) is 5.06. The number of hydrogen-bond acceptors (Lipinski definition) is 4. The minimum absolute atomic E-state index is 0.0450. The van der Waals surface area contributed by atoms with Gasteiger partial charge in [-0.25, -0.2) is 0 Å². The van der Waals surface area contributed by atoms with E-state index in [0.717, 1.165) is 12.8 Å². The molecule has 0 spiro atoms. The van der Waals surface area contributed by atoms with Gasteiger partial charge in [0.25, 0.3) is 5.69 Å². The van der Waals surface area contributed by atoms with Gasteiger partial charge < -0.3 is 10.4 Å². The van der Waals surface area contributed by atoms with Crippen LogP contribution >= 0.6 is 15.9 Å². The van der Waals surface area contributed by atoms with Crippen molar-refractivity contribution in [2.45, 2.75) is 32.2 Å². The van der Waals surface area contributed by atoms with E-state index in [1.54, 1.807) is 13.0 Å². The number of carboxylic acids is 1. The Kier molecular flexibility index (Phi) is 4.27. The number of carbonyl (C=O) groups is 1. The number of hydrogen-bond donors (Lipinski definition) is 2. The molecular formula is C13H15BrN2O4. The van der Waals surface area contributed by atoms with Crippen LogP contribution in [0.3, 0.4) is 0 Å². The first-order chi connectivity index (χ1) is 9.38. The number of nitro groups is 1. The summed E-state index contributed by atoms with van der Waals surface area (Å²) < 4.78 is 0.575. The summed E-state index contributed by atoms with van der Waals surface area (Å²) in [6.07, 6.45) is 2.09. The van der Waals surface area contributed by atoms with Gasteiger partial charge in [-0.1, -0.05) is 0 Å². The van der Waals surface area contributed by atoms with E-state index in [9.17, 15) is 14.9 Å². The molecule has 1 unspecified atom stereocenters. The molecule has 0 aliphatic heterocycles. The van der Waals surface area contributed by atoms with Crippen LogP contribution in [0.1, 0.15) is 24.8 Å². The van der Waals surface area contributed by atoms with Crippen molar-refractivity contribution in [3.8, 4) is 0 Å². The number of rotatable bonds is 6. The molecule has 1 aliphatic carbocycles. The van der Waals surface area contributed by atoms with Gasteiger partial charge in [0, 0.05) is 27.8 Å². The number of nitro benzene ring substituents is 1. The van der Waals surface area contributed by atoms with Gasteiger partial charge in [0.15, 0.2) is 0 Å². The normalized spacial score (nSPS) is 15.7. The molecule has 1 aliphatic rings. The topological polar surface area (TPSA) is 92.5 Å². The predicted octanol–water partition coefficient (Wildman–Crippen LogP) is 3.33. The van der Waals surface area contributed by atoms with E-state index in [1.165, 1.54) is 6.07 Å². The fourth-order valence-corrected chi connectivity index (χ4v) is 2.65. The van der Waals surface area contributed by atoms with Gasteiger partial charge in [-0.05, 0) is 47.7 Å². The number of halogens is 1. The van der Waals surface area contributed by atoms with Gasteiger partial charge in [0.05, 0.1) is 11.3 Å². The monoisotopic (exact) mass is 342 g/mol. The molecule has 0 bridgehead atoms. The third-order valence-corrected chi connectivity index (χ3v) is 4.06. The molecule has 108 valence electrons. The van der Waals surface area contributed by atoms with Crippen LogP contribution in [0.4, 0.5) is 11.4 Å². The average Bonchev–Trinajstić information content (AvgIpc) is 3.15.